The third kappa shape index (κ3) is 3.14. The highest BCUT2D eigenvalue weighted by Gasteiger charge is 2.50. The lowest BCUT2D eigenvalue weighted by Gasteiger charge is -2.41. The maximum Gasteiger partial charge on any atom is 0.230 e. The number of anilines is 1. The maximum absolute atomic E-state index is 13.3. The van der Waals surface area contributed by atoms with Crippen molar-refractivity contribution in [2.45, 2.75) is 57.1 Å². The minimum absolute atomic E-state index is 0.188. The lowest BCUT2D eigenvalue weighted by molar-refractivity contribution is -0.139. The third-order valence-electron chi connectivity index (χ3n) is 6.42. The molecule has 3 fully saturated rings. The minimum Gasteiger partial charge on any atom is -0.393 e. The molecule has 5 heteroatoms. The molecule has 3 aliphatic rings. The van der Waals surface area contributed by atoms with Gasteiger partial charge in [0.2, 0.25) is 5.91 Å². The van der Waals surface area contributed by atoms with E-state index >= 15 is 0 Å². The number of carbonyl (C=O) groups is 1. The van der Waals surface area contributed by atoms with E-state index in [0.717, 1.165) is 70.3 Å². The molecule has 4 rings (SSSR count). The Morgan fingerprint density at radius 3 is 2.48 bits per heavy atom. The number of likely N-dealkylation sites (tertiary alicyclic amines) is 1. The number of rotatable bonds is 2. The largest absolute Gasteiger partial charge is 0.393 e. The highest BCUT2D eigenvalue weighted by Crippen LogP contribution is 2.43. The van der Waals surface area contributed by atoms with E-state index in [0.29, 0.717) is 11.9 Å². The summed E-state index contributed by atoms with van der Waals surface area (Å²) in [5.41, 5.74) is 0.732. The van der Waals surface area contributed by atoms with Gasteiger partial charge in [0.05, 0.1) is 11.5 Å². The molecule has 136 valence electrons. The molecule has 0 unspecified atom stereocenters. The monoisotopic (exact) mass is 346 g/mol. The molecule has 0 radical (unpaired) electrons. The fraction of sp³-hybridized carbons (Fsp3) is 0.650. The van der Waals surface area contributed by atoms with Crippen LogP contribution in [0.4, 0.5) is 10.1 Å². The number of hydrogen-bond acceptors (Lipinski definition) is 3. The highest BCUT2D eigenvalue weighted by atomic mass is 19.1. The molecular formula is C20H27FN2O2. The van der Waals surface area contributed by atoms with Gasteiger partial charge in [-0.2, -0.15) is 0 Å². The van der Waals surface area contributed by atoms with E-state index in [1.165, 1.54) is 12.1 Å². The SMILES string of the molecule is O=C1N([C@H]2CC[C@H](O)CC2)CC[C@]12CCCN(c1ccc(F)cc1)C2. The molecule has 1 amide bonds. The zero-order valence-electron chi connectivity index (χ0n) is 14.7. The lowest BCUT2D eigenvalue weighted by Crippen LogP contribution is -2.50. The Kier molecular flexibility index (Phi) is 4.44. The Morgan fingerprint density at radius 2 is 1.76 bits per heavy atom. The van der Waals surface area contributed by atoms with Gasteiger partial charge < -0.3 is 14.9 Å². The van der Waals surface area contributed by atoms with Crippen molar-refractivity contribution in [3.63, 3.8) is 0 Å². The van der Waals surface area contributed by atoms with Gasteiger partial charge in [0.25, 0.3) is 0 Å². The van der Waals surface area contributed by atoms with E-state index in [1.54, 1.807) is 0 Å². The van der Waals surface area contributed by atoms with Gasteiger partial charge >= 0.3 is 0 Å². The number of halogens is 1. The number of hydrogen-bond donors (Lipinski definition) is 1. The zero-order valence-corrected chi connectivity index (χ0v) is 14.7. The van der Waals surface area contributed by atoms with Crippen molar-refractivity contribution in [1.29, 1.82) is 0 Å². The van der Waals surface area contributed by atoms with E-state index in [2.05, 4.69) is 9.80 Å². The first-order chi connectivity index (χ1) is 12.1. The van der Waals surface area contributed by atoms with Gasteiger partial charge in [-0.1, -0.05) is 0 Å². The smallest absolute Gasteiger partial charge is 0.230 e. The molecule has 1 N–H and O–H groups in total. The Morgan fingerprint density at radius 1 is 1.04 bits per heavy atom. The first-order valence-corrected chi connectivity index (χ1v) is 9.57. The summed E-state index contributed by atoms with van der Waals surface area (Å²) >= 11 is 0. The number of benzene rings is 1. The summed E-state index contributed by atoms with van der Waals surface area (Å²) in [5, 5.41) is 9.72. The predicted molar refractivity (Wildman–Crippen MR) is 94.9 cm³/mol. The van der Waals surface area contributed by atoms with E-state index in [4.69, 9.17) is 0 Å². The molecule has 1 spiro atoms. The molecule has 25 heavy (non-hydrogen) atoms. The van der Waals surface area contributed by atoms with Crippen molar-refractivity contribution < 1.29 is 14.3 Å². The van der Waals surface area contributed by atoms with Crippen LogP contribution in [0.25, 0.3) is 0 Å². The minimum atomic E-state index is -0.275. The van der Waals surface area contributed by atoms with Gasteiger partial charge in [-0.15, -0.1) is 0 Å². The second kappa shape index (κ2) is 6.60. The number of aliphatic hydroxyl groups excluding tert-OH is 1. The average molecular weight is 346 g/mol. The summed E-state index contributed by atoms with van der Waals surface area (Å²) in [6.45, 7) is 2.51. The van der Waals surface area contributed by atoms with Gasteiger partial charge in [0.15, 0.2) is 0 Å². The van der Waals surface area contributed by atoms with E-state index < -0.39 is 0 Å². The number of nitrogens with zero attached hydrogens (tertiary/aromatic N) is 2. The van der Waals surface area contributed by atoms with E-state index in [1.807, 2.05) is 12.1 Å². The number of aliphatic hydroxyl groups is 1. The topological polar surface area (TPSA) is 43.8 Å². The van der Waals surface area contributed by atoms with E-state index in [9.17, 15) is 14.3 Å². The summed E-state index contributed by atoms with van der Waals surface area (Å²) < 4.78 is 13.2. The quantitative estimate of drug-likeness (QED) is 0.895. The van der Waals surface area contributed by atoms with Gasteiger partial charge in [-0.05, 0) is 69.2 Å². The van der Waals surface area contributed by atoms with Crippen LogP contribution in [-0.4, -0.2) is 47.7 Å². The highest BCUT2D eigenvalue weighted by molar-refractivity contribution is 5.86. The van der Waals surface area contributed by atoms with Crippen molar-refractivity contribution in [1.82, 2.24) is 4.90 Å². The van der Waals surface area contributed by atoms with Crippen molar-refractivity contribution in [2.75, 3.05) is 24.5 Å². The second-order valence-corrected chi connectivity index (χ2v) is 7.99. The summed E-state index contributed by atoms with van der Waals surface area (Å²) in [6.07, 6.45) is 6.14. The molecule has 0 bridgehead atoms. The van der Waals surface area contributed by atoms with Crippen LogP contribution in [0.1, 0.15) is 44.9 Å². The second-order valence-electron chi connectivity index (χ2n) is 7.99. The molecule has 2 heterocycles. The molecule has 1 aromatic rings. The Labute approximate surface area is 148 Å². The normalized spacial score (nSPS) is 33.3. The van der Waals surface area contributed by atoms with Crippen LogP contribution in [0.15, 0.2) is 24.3 Å². The van der Waals surface area contributed by atoms with Gasteiger partial charge in [0.1, 0.15) is 5.82 Å². The van der Waals surface area contributed by atoms with Crippen molar-refractivity contribution in [3.05, 3.63) is 30.1 Å². The average Bonchev–Trinajstić information content (AvgIpc) is 2.93. The van der Waals surface area contributed by atoms with Crippen molar-refractivity contribution in [2.24, 2.45) is 5.41 Å². The van der Waals surface area contributed by atoms with Crippen molar-refractivity contribution in [3.8, 4) is 0 Å². The number of carbonyl (C=O) groups excluding carboxylic acids is 1. The van der Waals surface area contributed by atoms with Crippen molar-refractivity contribution >= 4 is 11.6 Å². The first kappa shape index (κ1) is 16.8. The summed E-state index contributed by atoms with van der Waals surface area (Å²) in [6, 6.07) is 6.91. The standard InChI is InChI=1S/C20H27FN2O2/c21-15-2-4-16(5-3-15)22-12-1-10-20(14-22)11-13-23(19(20)25)17-6-8-18(24)9-7-17/h2-5,17-18,24H,1,6-14H2/t17-,18-,20-/m0/s1. The molecule has 1 atom stereocenters. The van der Waals surface area contributed by atoms with Crippen LogP contribution in [-0.2, 0) is 4.79 Å². The summed E-state index contributed by atoms with van der Waals surface area (Å²) in [7, 11) is 0. The predicted octanol–water partition coefficient (Wildman–Crippen LogP) is 2.95. The molecule has 0 aromatic heterocycles. The third-order valence-corrected chi connectivity index (χ3v) is 6.42. The fourth-order valence-corrected chi connectivity index (χ4v) is 4.95. The van der Waals surface area contributed by atoms with Gasteiger partial charge in [0, 0.05) is 31.4 Å². The molecule has 1 saturated carbocycles. The van der Waals surface area contributed by atoms with Crippen LogP contribution in [0.3, 0.4) is 0 Å². The van der Waals surface area contributed by atoms with Crippen LogP contribution in [0.2, 0.25) is 0 Å². The number of piperidine rings is 1. The van der Waals surface area contributed by atoms with Crippen LogP contribution in [0.5, 0.6) is 0 Å². The van der Waals surface area contributed by atoms with Crippen LogP contribution >= 0.6 is 0 Å². The maximum atomic E-state index is 13.3. The molecule has 1 aromatic carbocycles. The van der Waals surface area contributed by atoms with Crippen LogP contribution < -0.4 is 4.90 Å². The van der Waals surface area contributed by atoms with Gasteiger partial charge in [-0.25, -0.2) is 4.39 Å². The molecule has 2 aliphatic heterocycles. The molecular weight excluding hydrogens is 319 g/mol. The molecule has 1 aliphatic carbocycles. The fourth-order valence-electron chi connectivity index (χ4n) is 4.95. The lowest BCUT2D eigenvalue weighted by atomic mass is 9.78. The first-order valence-electron chi connectivity index (χ1n) is 9.57. The Balaban J connectivity index is 1.48. The summed E-state index contributed by atoms with van der Waals surface area (Å²) in [4.78, 5) is 17.6. The van der Waals surface area contributed by atoms with E-state index in [-0.39, 0.29) is 17.3 Å². The molecule has 2 saturated heterocycles. The van der Waals surface area contributed by atoms with Crippen LogP contribution in [0, 0.1) is 11.2 Å². The number of amides is 1. The Hall–Kier alpha value is -1.62. The molecule has 4 nitrogen and oxygen atoms in total. The summed E-state index contributed by atoms with van der Waals surface area (Å²) in [5.74, 6) is 0.0822. The Bertz CT molecular complexity index is 627. The zero-order chi connectivity index (χ0) is 17.4. The van der Waals surface area contributed by atoms with Gasteiger partial charge in [-0.3, -0.25) is 4.79 Å².